The van der Waals surface area contributed by atoms with Crippen LogP contribution < -0.4 is 5.32 Å². The highest BCUT2D eigenvalue weighted by Crippen LogP contribution is 2.46. The summed E-state index contributed by atoms with van der Waals surface area (Å²) < 4.78 is 10.8. The van der Waals surface area contributed by atoms with Crippen LogP contribution in [0.4, 0.5) is 4.79 Å². The van der Waals surface area contributed by atoms with Crippen LogP contribution in [0.25, 0.3) is 11.1 Å². The molecule has 0 bridgehead atoms. The number of ether oxygens (including phenoxy) is 1. The quantitative estimate of drug-likeness (QED) is 0.910. The lowest BCUT2D eigenvalue weighted by molar-refractivity contribution is 0.0356. The number of carbonyl (C=O) groups is 1. The molecule has 1 atom stereocenters. The summed E-state index contributed by atoms with van der Waals surface area (Å²) >= 11 is 0. The summed E-state index contributed by atoms with van der Waals surface area (Å²) in [4.78, 5) is 16.2. The number of alkyl carbamates (subject to hydrolysis) is 1. The molecule has 3 rings (SSSR count). The van der Waals surface area contributed by atoms with Crippen molar-refractivity contribution in [3.8, 4) is 0 Å². The molecule has 1 heterocycles. The molecule has 118 valence electrons. The summed E-state index contributed by atoms with van der Waals surface area (Å²) in [5.41, 5.74) is -0.0272. The monoisotopic (exact) mass is 304 g/mol. The first-order valence-electron chi connectivity index (χ1n) is 7.34. The maximum absolute atomic E-state index is 11.9. The average molecular weight is 304 g/mol. The topological polar surface area (TPSA) is 84.6 Å². The smallest absolute Gasteiger partial charge is 0.408 e. The van der Waals surface area contributed by atoms with Gasteiger partial charge in [-0.1, -0.05) is 12.1 Å². The second-order valence-corrected chi connectivity index (χ2v) is 6.71. The van der Waals surface area contributed by atoms with Crippen LogP contribution in [0.2, 0.25) is 0 Å². The van der Waals surface area contributed by atoms with Crippen molar-refractivity contribution < 1.29 is 19.1 Å². The number of oxazole rings is 1. The first-order valence-corrected chi connectivity index (χ1v) is 7.34. The van der Waals surface area contributed by atoms with Gasteiger partial charge in [-0.3, -0.25) is 0 Å². The largest absolute Gasteiger partial charge is 0.444 e. The summed E-state index contributed by atoms with van der Waals surface area (Å²) in [5.74, 6) is 0.217. The Morgan fingerprint density at radius 1 is 1.41 bits per heavy atom. The van der Waals surface area contributed by atoms with E-state index < -0.39 is 23.3 Å². The maximum atomic E-state index is 11.9. The lowest BCUT2D eigenvalue weighted by Gasteiger charge is -2.25. The second kappa shape index (κ2) is 4.98. The number of aromatic nitrogens is 1. The number of amides is 1. The van der Waals surface area contributed by atoms with Gasteiger partial charge in [-0.25, -0.2) is 9.78 Å². The van der Waals surface area contributed by atoms with E-state index in [1.165, 1.54) is 0 Å². The van der Waals surface area contributed by atoms with Gasteiger partial charge in [-0.15, -0.1) is 0 Å². The number of benzene rings is 1. The number of hydrogen-bond acceptors (Lipinski definition) is 5. The minimum atomic E-state index is -0.993. The van der Waals surface area contributed by atoms with E-state index in [2.05, 4.69) is 10.3 Å². The van der Waals surface area contributed by atoms with Crippen molar-refractivity contribution in [3.05, 3.63) is 30.2 Å². The van der Waals surface area contributed by atoms with Gasteiger partial charge in [0.2, 0.25) is 5.89 Å². The molecule has 6 nitrogen and oxygen atoms in total. The molecule has 2 aromatic rings. The molecular weight excluding hydrogens is 284 g/mol. The van der Waals surface area contributed by atoms with Crippen molar-refractivity contribution in [1.29, 1.82) is 0 Å². The Labute approximate surface area is 128 Å². The van der Waals surface area contributed by atoms with Crippen molar-refractivity contribution in [2.75, 3.05) is 0 Å². The lowest BCUT2D eigenvalue weighted by Crippen LogP contribution is -2.44. The molecule has 1 aromatic heterocycles. The lowest BCUT2D eigenvalue weighted by atomic mass is 10.1. The Hall–Kier alpha value is -2.08. The van der Waals surface area contributed by atoms with Gasteiger partial charge in [0.25, 0.3) is 0 Å². The zero-order valence-corrected chi connectivity index (χ0v) is 12.9. The van der Waals surface area contributed by atoms with Gasteiger partial charge in [0.1, 0.15) is 11.1 Å². The summed E-state index contributed by atoms with van der Waals surface area (Å²) in [7, 11) is 0. The minimum Gasteiger partial charge on any atom is -0.444 e. The number of aliphatic hydroxyl groups is 1. The predicted molar refractivity (Wildman–Crippen MR) is 80.3 cm³/mol. The predicted octanol–water partition coefficient (Wildman–Crippen LogP) is 2.92. The molecule has 0 spiro atoms. The molecule has 6 heteroatoms. The molecule has 1 amide bonds. The Bertz CT molecular complexity index is 664. The standard InChI is InChI=1S/C16H20N2O4/c1-15(2,3)22-14(20)18-16(8-9-16)12(19)13-17-10-6-4-5-7-11(10)21-13/h4-7,12,19H,8-9H2,1-3H3,(H,18,20). The molecule has 0 aliphatic heterocycles. The third kappa shape index (κ3) is 2.92. The number of nitrogens with zero attached hydrogens (tertiary/aromatic N) is 1. The summed E-state index contributed by atoms with van der Waals surface area (Å²) in [6, 6.07) is 7.30. The van der Waals surface area contributed by atoms with Gasteiger partial charge in [-0.2, -0.15) is 0 Å². The van der Waals surface area contributed by atoms with Crippen LogP contribution in [0.3, 0.4) is 0 Å². The molecule has 1 unspecified atom stereocenters. The van der Waals surface area contributed by atoms with Crippen LogP contribution >= 0.6 is 0 Å². The molecule has 1 saturated carbocycles. The molecule has 0 radical (unpaired) electrons. The number of aliphatic hydroxyl groups excluding tert-OH is 1. The van der Waals surface area contributed by atoms with E-state index in [1.54, 1.807) is 26.8 Å². The van der Waals surface area contributed by atoms with Crippen molar-refractivity contribution >= 4 is 17.2 Å². The number of carbonyl (C=O) groups excluding carboxylic acids is 1. The van der Waals surface area contributed by atoms with E-state index in [1.807, 2.05) is 18.2 Å². The number of nitrogens with one attached hydrogen (secondary N) is 1. The first-order chi connectivity index (χ1) is 10.3. The Kier molecular flexibility index (Phi) is 3.36. The summed E-state index contributed by atoms with van der Waals surface area (Å²) in [6.07, 6.45) is -0.217. The van der Waals surface area contributed by atoms with Crippen LogP contribution in [0.15, 0.2) is 28.7 Å². The fourth-order valence-corrected chi connectivity index (χ4v) is 2.35. The van der Waals surface area contributed by atoms with Gasteiger partial charge >= 0.3 is 6.09 Å². The number of rotatable bonds is 3. The number of para-hydroxylation sites is 2. The van der Waals surface area contributed by atoms with Gasteiger partial charge in [-0.05, 0) is 45.7 Å². The van der Waals surface area contributed by atoms with Crippen LogP contribution in [0.5, 0.6) is 0 Å². The fourth-order valence-electron chi connectivity index (χ4n) is 2.35. The van der Waals surface area contributed by atoms with Gasteiger partial charge < -0.3 is 19.6 Å². The second-order valence-electron chi connectivity index (χ2n) is 6.71. The fraction of sp³-hybridized carbons (Fsp3) is 0.500. The highest BCUT2D eigenvalue weighted by atomic mass is 16.6. The van der Waals surface area contributed by atoms with Crippen LogP contribution in [-0.4, -0.2) is 27.3 Å². The van der Waals surface area contributed by atoms with Gasteiger partial charge in [0, 0.05) is 0 Å². The van der Waals surface area contributed by atoms with Crippen LogP contribution in [0.1, 0.15) is 45.6 Å². The van der Waals surface area contributed by atoms with E-state index in [0.717, 1.165) is 0 Å². The van der Waals surface area contributed by atoms with Gasteiger partial charge in [0.05, 0.1) is 5.54 Å². The Morgan fingerprint density at radius 2 is 2.09 bits per heavy atom. The molecule has 1 aromatic carbocycles. The van der Waals surface area contributed by atoms with E-state index >= 15 is 0 Å². The molecule has 1 aliphatic carbocycles. The molecule has 2 N–H and O–H groups in total. The highest BCUT2D eigenvalue weighted by Gasteiger charge is 2.53. The van der Waals surface area contributed by atoms with E-state index in [9.17, 15) is 9.90 Å². The van der Waals surface area contributed by atoms with Crippen LogP contribution in [-0.2, 0) is 4.74 Å². The zero-order valence-electron chi connectivity index (χ0n) is 12.9. The Balaban J connectivity index is 1.76. The van der Waals surface area contributed by atoms with Crippen LogP contribution in [0, 0.1) is 0 Å². The zero-order chi connectivity index (χ0) is 16.0. The van der Waals surface area contributed by atoms with E-state index in [4.69, 9.17) is 9.15 Å². The van der Waals surface area contributed by atoms with E-state index in [-0.39, 0.29) is 5.89 Å². The van der Waals surface area contributed by atoms with Gasteiger partial charge in [0.15, 0.2) is 11.7 Å². The first kappa shape index (κ1) is 14.8. The SMILES string of the molecule is CC(C)(C)OC(=O)NC1(C(O)c2nc3ccccc3o2)CC1. The number of hydrogen-bond donors (Lipinski definition) is 2. The third-order valence-corrected chi connectivity index (χ3v) is 3.61. The molecule has 1 fully saturated rings. The van der Waals surface area contributed by atoms with Crippen molar-refractivity contribution in [2.24, 2.45) is 0 Å². The third-order valence-electron chi connectivity index (χ3n) is 3.61. The highest BCUT2D eigenvalue weighted by molar-refractivity contribution is 5.72. The Morgan fingerprint density at radius 3 is 2.68 bits per heavy atom. The molecular formula is C16H20N2O4. The normalized spacial score (nSPS) is 18.0. The number of fused-ring (bicyclic) bond motifs is 1. The summed E-state index contributed by atoms with van der Waals surface area (Å²) in [6.45, 7) is 5.39. The minimum absolute atomic E-state index is 0.217. The molecule has 22 heavy (non-hydrogen) atoms. The van der Waals surface area contributed by atoms with Crippen molar-refractivity contribution in [3.63, 3.8) is 0 Å². The van der Waals surface area contributed by atoms with Crippen molar-refractivity contribution in [1.82, 2.24) is 10.3 Å². The average Bonchev–Trinajstić information content (AvgIpc) is 3.05. The van der Waals surface area contributed by atoms with E-state index in [0.29, 0.717) is 23.9 Å². The maximum Gasteiger partial charge on any atom is 0.408 e. The summed E-state index contributed by atoms with van der Waals surface area (Å²) in [5, 5.41) is 13.3. The molecule has 0 saturated heterocycles. The van der Waals surface area contributed by atoms with Crippen molar-refractivity contribution in [2.45, 2.75) is 50.9 Å². The molecule has 1 aliphatic rings.